The van der Waals surface area contributed by atoms with Crippen LogP contribution in [0.2, 0.25) is 0 Å². The van der Waals surface area contributed by atoms with Crippen LogP contribution in [0.5, 0.6) is 0 Å². The molecule has 0 fully saturated rings. The van der Waals surface area contributed by atoms with Gasteiger partial charge in [-0.25, -0.2) is 0 Å². The Balaban J connectivity index is 1.36. The topological polar surface area (TPSA) is 80.3 Å². The first kappa shape index (κ1) is 33.0. The average Bonchev–Trinajstić information content (AvgIpc) is 2.98. The second-order valence-electron chi connectivity index (χ2n) is 8.78. The molecule has 0 aromatic heterocycles. The molecule has 0 spiro atoms. The van der Waals surface area contributed by atoms with Crippen molar-refractivity contribution in [3.8, 4) is 0 Å². The number of Topliss-reactive ketones (excluding diaryl/α,β-unsaturated/α-hetero) is 1. The number of ketones is 1. The van der Waals surface area contributed by atoms with E-state index in [1.54, 1.807) is 0 Å². The first-order valence-corrected chi connectivity index (χ1v) is 14.3. The number of hydrogen-bond donors (Lipinski definition) is 0. The quantitative estimate of drug-likeness (QED) is 0.0572. The molecule has 0 aliphatic rings. The summed E-state index contributed by atoms with van der Waals surface area (Å²) in [6.07, 6.45) is -0.615. The van der Waals surface area contributed by atoms with Crippen molar-refractivity contribution in [2.24, 2.45) is 0 Å². The predicted molar refractivity (Wildman–Crippen MR) is 158 cm³/mol. The van der Waals surface area contributed by atoms with E-state index in [1.165, 1.54) is 0 Å². The smallest absolute Gasteiger partial charge is 0.313 e. The zero-order chi connectivity index (χ0) is 29.4. The number of alkyl halides is 3. The molecule has 3 rings (SSSR count). The Labute approximate surface area is 255 Å². The largest absolute Gasteiger partial charge is 0.463 e. The highest BCUT2D eigenvalue weighted by molar-refractivity contribution is 6.76. The van der Waals surface area contributed by atoms with Gasteiger partial charge in [0.2, 0.25) is 3.79 Å². The fraction of sp³-hybridized carbons (Fsp3) is 0.355. The minimum Gasteiger partial charge on any atom is -0.463 e. The van der Waals surface area contributed by atoms with Gasteiger partial charge in [0.05, 0.1) is 46.2 Å². The molecule has 0 bridgehead atoms. The fourth-order valence-electron chi connectivity index (χ4n) is 4.06. The van der Waals surface area contributed by atoms with Crippen molar-refractivity contribution in [2.45, 2.75) is 15.8 Å². The fourth-order valence-corrected chi connectivity index (χ4v) is 4.26. The molecule has 41 heavy (non-hydrogen) atoms. The molecule has 3 aromatic rings. The van der Waals surface area contributed by atoms with Crippen molar-refractivity contribution in [3.05, 3.63) is 108 Å². The van der Waals surface area contributed by atoms with Gasteiger partial charge in [-0.1, -0.05) is 126 Å². The highest BCUT2D eigenvalue weighted by Crippen LogP contribution is 2.40. The van der Waals surface area contributed by atoms with Gasteiger partial charge >= 0.3 is 5.97 Å². The Morgan fingerprint density at radius 2 is 0.902 bits per heavy atom. The SMILES string of the molecule is O=C(CC(=O)C(Cl)(Cl)Cl)OCCOCCOCCOCCOC(c1ccccc1)(c1ccccc1)c1ccccc1. The summed E-state index contributed by atoms with van der Waals surface area (Å²) in [4.78, 5) is 23.0. The second kappa shape index (κ2) is 17.5. The van der Waals surface area contributed by atoms with Gasteiger partial charge < -0.3 is 23.7 Å². The molecule has 0 saturated carbocycles. The highest BCUT2D eigenvalue weighted by Gasteiger charge is 2.37. The van der Waals surface area contributed by atoms with Crippen LogP contribution in [0.15, 0.2) is 91.0 Å². The van der Waals surface area contributed by atoms with Crippen LogP contribution in [0, 0.1) is 0 Å². The van der Waals surface area contributed by atoms with Crippen LogP contribution in [0.1, 0.15) is 23.1 Å². The van der Waals surface area contributed by atoms with Gasteiger partial charge in [-0.15, -0.1) is 0 Å². The molecular formula is C31H33Cl3O7. The van der Waals surface area contributed by atoms with Gasteiger partial charge in [-0.3, -0.25) is 9.59 Å². The standard InChI is InChI=1S/C31H33Cl3O7/c32-31(33,34)28(35)24-29(36)40-22-20-38-18-16-37-17-19-39-21-23-41-30(25-10-4-1-5-11-25,26-12-6-2-7-13-26)27-14-8-3-9-15-27/h1-15H,16-24H2. The van der Waals surface area contributed by atoms with E-state index >= 15 is 0 Å². The van der Waals surface area contributed by atoms with E-state index in [9.17, 15) is 9.59 Å². The van der Waals surface area contributed by atoms with Crippen LogP contribution in [0.3, 0.4) is 0 Å². The molecule has 7 nitrogen and oxygen atoms in total. The maximum Gasteiger partial charge on any atom is 0.313 e. The third kappa shape index (κ3) is 10.7. The molecule has 0 aliphatic carbocycles. The Hall–Kier alpha value is -2.49. The number of esters is 1. The van der Waals surface area contributed by atoms with Crippen LogP contribution < -0.4 is 0 Å². The summed E-state index contributed by atoms with van der Waals surface area (Å²) in [5, 5.41) is 0. The van der Waals surface area contributed by atoms with Crippen LogP contribution in [-0.2, 0) is 38.9 Å². The maximum atomic E-state index is 11.5. The summed E-state index contributed by atoms with van der Waals surface area (Å²) in [5.41, 5.74) is 2.32. The van der Waals surface area contributed by atoms with E-state index in [2.05, 4.69) is 36.4 Å². The molecule has 220 valence electrons. The van der Waals surface area contributed by atoms with Crippen molar-refractivity contribution in [3.63, 3.8) is 0 Å². The van der Waals surface area contributed by atoms with Crippen LogP contribution in [0.25, 0.3) is 0 Å². The zero-order valence-corrected chi connectivity index (χ0v) is 24.8. The molecule has 0 saturated heterocycles. The predicted octanol–water partition coefficient (Wildman–Crippen LogP) is 5.92. The maximum absolute atomic E-state index is 11.5. The lowest BCUT2D eigenvalue weighted by atomic mass is 9.80. The molecule has 0 unspecified atom stereocenters. The second-order valence-corrected chi connectivity index (χ2v) is 11.1. The number of rotatable bonds is 18. The summed E-state index contributed by atoms with van der Waals surface area (Å²) >= 11 is 16.2. The monoisotopic (exact) mass is 622 g/mol. The summed E-state index contributed by atoms with van der Waals surface area (Å²) in [6.45, 7) is 2.32. The van der Waals surface area contributed by atoms with E-state index in [1.807, 2.05) is 54.6 Å². The minimum atomic E-state index is -2.14. The van der Waals surface area contributed by atoms with Crippen molar-refractivity contribution in [2.75, 3.05) is 52.9 Å². The van der Waals surface area contributed by atoms with E-state index in [-0.39, 0.29) is 13.2 Å². The van der Waals surface area contributed by atoms with Gasteiger partial charge in [0, 0.05) is 0 Å². The van der Waals surface area contributed by atoms with Gasteiger partial charge in [0.1, 0.15) is 18.6 Å². The van der Waals surface area contributed by atoms with Crippen molar-refractivity contribution in [1.29, 1.82) is 0 Å². The first-order chi connectivity index (χ1) is 19.8. The summed E-state index contributed by atoms with van der Waals surface area (Å²) < 4.78 is 26.0. The molecular weight excluding hydrogens is 591 g/mol. The summed E-state index contributed by atoms with van der Waals surface area (Å²) in [5.74, 6) is -1.63. The number of hydrogen-bond acceptors (Lipinski definition) is 7. The van der Waals surface area contributed by atoms with Gasteiger partial charge in [-0.05, 0) is 16.7 Å². The molecule has 0 radical (unpaired) electrons. The lowest BCUT2D eigenvalue weighted by Gasteiger charge is -2.36. The zero-order valence-electron chi connectivity index (χ0n) is 22.5. The molecule has 3 aromatic carbocycles. The molecule has 0 N–H and O–H groups in total. The van der Waals surface area contributed by atoms with Crippen LogP contribution >= 0.6 is 34.8 Å². The van der Waals surface area contributed by atoms with Crippen molar-refractivity contribution >= 4 is 46.6 Å². The van der Waals surface area contributed by atoms with Crippen molar-refractivity contribution < 1.29 is 33.3 Å². The van der Waals surface area contributed by atoms with E-state index < -0.39 is 27.6 Å². The lowest BCUT2D eigenvalue weighted by molar-refractivity contribution is -0.147. The minimum absolute atomic E-state index is 0.0223. The van der Waals surface area contributed by atoms with Crippen LogP contribution in [-0.4, -0.2) is 68.4 Å². The van der Waals surface area contributed by atoms with Crippen LogP contribution in [0.4, 0.5) is 0 Å². The van der Waals surface area contributed by atoms with E-state index in [0.29, 0.717) is 39.6 Å². The number of ether oxygens (including phenoxy) is 5. The van der Waals surface area contributed by atoms with Gasteiger partial charge in [0.25, 0.3) is 0 Å². The lowest BCUT2D eigenvalue weighted by Crippen LogP contribution is -2.34. The van der Waals surface area contributed by atoms with Gasteiger partial charge in [0.15, 0.2) is 5.78 Å². The van der Waals surface area contributed by atoms with E-state index in [0.717, 1.165) is 16.7 Å². The molecule has 0 aliphatic heterocycles. The van der Waals surface area contributed by atoms with Gasteiger partial charge in [-0.2, -0.15) is 0 Å². The third-order valence-corrected chi connectivity index (χ3v) is 6.58. The highest BCUT2D eigenvalue weighted by atomic mass is 35.6. The number of halogens is 3. The molecule has 0 atom stereocenters. The molecule has 0 heterocycles. The number of benzene rings is 3. The summed E-state index contributed by atoms with van der Waals surface area (Å²) in [7, 11) is 0. The number of carbonyl (C=O) groups excluding carboxylic acids is 2. The molecule has 10 heteroatoms. The third-order valence-electron chi connectivity index (χ3n) is 5.94. The van der Waals surface area contributed by atoms with Crippen molar-refractivity contribution in [1.82, 2.24) is 0 Å². The first-order valence-electron chi connectivity index (χ1n) is 13.1. The summed E-state index contributed by atoms with van der Waals surface area (Å²) in [6, 6.07) is 30.5. The number of carbonyl (C=O) groups is 2. The molecule has 0 amide bonds. The average molecular weight is 624 g/mol. The normalized spacial score (nSPS) is 11.8. The Morgan fingerprint density at radius 1 is 0.537 bits per heavy atom. The van der Waals surface area contributed by atoms with E-state index in [4.69, 9.17) is 58.5 Å². The Bertz CT molecular complexity index is 1080. The Kier molecular flexibility index (Phi) is 14.1. The Morgan fingerprint density at radius 3 is 1.29 bits per heavy atom.